The largest absolute Gasteiger partial charge is 0.310 e. The Morgan fingerprint density at radius 3 is 2.83 bits per heavy atom. The van der Waals surface area contributed by atoms with Crippen LogP contribution in [0.3, 0.4) is 0 Å². The summed E-state index contributed by atoms with van der Waals surface area (Å²) in [6.07, 6.45) is 8.91. The van der Waals surface area contributed by atoms with Crippen molar-refractivity contribution < 1.29 is 4.39 Å². The molecule has 98 valence electrons. The maximum atomic E-state index is 13.6. The molecule has 2 heteroatoms. The van der Waals surface area contributed by atoms with Gasteiger partial charge in [-0.3, -0.25) is 0 Å². The second-order valence-corrected chi connectivity index (χ2v) is 5.79. The van der Waals surface area contributed by atoms with E-state index in [2.05, 4.69) is 11.4 Å². The fourth-order valence-electron chi connectivity index (χ4n) is 3.58. The molecule has 0 saturated heterocycles. The standard InChI is InChI=1S/C16H22FN/c17-15-7-3-6-14-13(15)8-9-16(14)18-11-10-12-4-1-2-5-12/h3,6-7,12,16,18H,1-2,4-5,8-11H2. The van der Waals surface area contributed by atoms with E-state index >= 15 is 0 Å². The van der Waals surface area contributed by atoms with Crippen LogP contribution in [0.25, 0.3) is 0 Å². The highest BCUT2D eigenvalue weighted by molar-refractivity contribution is 5.35. The summed E-state index contributed by atoms with van der Waals surface area (Å²) in [6.45, 7) is 1.09. The average Bonchev–Trinajstić information content (AvgIpc) is 3.00. The average molecular weight is 247 g/mol. The van der Waals surface area contributed by atoms with Gasteiger partial charge in [-0.25, -0.2) is 4.39 Å². The van der Waals surface area contributed by atoms with E-state index in [1.54, 1.807) is 6.07 Å². The van der Waals surface area contributed by atoms with E-state index in [-0.39, 0.29) is 5.82 Å². The molecule has 0 spiro atoms. The minimum Gasteiger partial charge on any atom is -0.310 e. The summed E-state index contributed by atoms with van der Waals surface area (Å²) in [7, 11) is 0. The molecule has 1 aromatic rings. The maximum Gasteiger partial charge on any atom is 0.126 e. The van der Waals surface area contributed by atoms with Gasteiger partial charge in [0.25, 0.3) is 0 Å². The molecule has 1 N–H and O–H groups in total. The molecule has 2 aliphatic carbocycles. The molecule has 2 aliphatic rings. The van der Waals surface area contributed by atoms with Gasteiger partial charge in [0.15, 0.2) is 0 Å². The monoisotopic (exact) mass is 247 g/mol. The number of hydrogen-bond acceptors (Lipinski definition) is 1. The highest BCUT2D eigenvalue weighted by Crippen LogP contribution is 2.33. The van der Waals surface area contributed by atoms with Crippen molar-refractivity contribution in [3.8, 4) is 0 Å². The summed E-state index contributed by atoms with van der Waals surface area (Å²) in [5.41, 5.74) is 2.14. The van der Waals surface area contributed by atoms with Gasteiger partial charge in [0.2, 0.25) is 0 Å². The van der Waals surface area contributed by atoms with Gasteiger partial charge in [-0.1, -0.05) is 37.8 Å². The Kier molecular flexibility index (Phi) is 3.64. The van der Waals surface area contributed by atoms with Crippen LogP contribution in [0.1, 0.15) is 55.7 Å². The Hall–Kier alpha value is -0.890. The Morgan fingerprint density at radius 2 is 2.00 bits per heavy atom. The lowest BCUT2D eigenvalue weighted by molar-refractivity contribution is 0.443. The Labute approximate surface area is 109 Å². The first-order valence-corrected chi connectivity index (χ1v) is 7.35. The first-order valence-electron chi connectivity index (χ1n) is 7.35. The zero-order valence-electron chi connectivity index (χ0n) is 10.9. The third-order valence-electron chi connectivity index (χ3n) is 4.63. The fraction of sp³-hybridized carbons (Fsp3) is 0.625. The van der Waals surface area contributed by atoms with Crippen molar-refractivity contribution in [1.29, 1.82) is 0 Å². The highest BCUT2D eigenvalue weighted by atomic mass is 19.1. The first-order chi connectivity index (χ1) is 8.84. The molecule has 1 aromatic carbocycles. The maximum absolute atomic E-state index is 13.6. The second-order valence-electron chi connectivity index (χ2n) is 5.79. The van der Waals surface area contributed by atoms with Crippen LogP contribution >= 0.6 is 0 Å². The second kappa shape index (κ2) is 5.40. The summed E-state index contributed by atoms with van der Waals surface area (Å²) in [5.74, 6) is 0.915. The van der Waals surface area contributed by atoms with Crippen molar-refractivity contribution >= 4 is 0 Å². The molecule has 1 saturated carbocycles. The summed E-state index contributed by atoms with van der Waals surface area (Å²) >= 11 is 0. The van der Waals surface area contributed by atoms with Crippen LogP contribution in [-0.4, -0.2) is 6.54 Å². The molecule has 0 amide bonds. The van der Waals surface area contributed by atoms with E-state index in [4.69, 9.17) is 0 Å². The van der Waals surface area contributed by atoms with Gasteiger partial charge in [-0.2, -0.15) is 0 Å². The van der Waals surface area contributed by atoms with Crippen LogP contribution in [-0.2, 0) is 6.42 Å². The summed E-state index contributed by atoms with van der Waals surface area (Å²) < 4.78 is 13.6. The zero-order chi connectivity index (χ0) is 12.4. The molecule has 1 nitrogen and oxygen atoms in total. The highest BCUT2D eigenvalue weighted by Gasteiger charge is 2.24. The van der Waals surface area contributed by atoms with E-state index in [9.17, 15) is 4.39 Å². The van der Waals surface area contributed by atoms with Crippen LogP contribution < -0.4 is 5.32 Å². The molecule has 0 aliphatic heterocycles. The Balaban J connectivity index is 1.54. The topological polar surface area (TPSA) is 12.0 Å². The smallest absolute Gasteiger partial charge is 0.126 e. The fourth-order valence-corrected chi connectivity index (χ4v) is 3.58. The molecule has 1 atom stereocenters. The van der Waals surface area contributed by atoms with Crippen molar-refractivity contribution in [3.05, 3.63) is 35.1 Å². The van der Waals surface area contributed by atoms with E-state index in [0.29, 0.717) is 6.04 Å². The predicted molar refractivity (Wildman–Crippen MR) is 72.0 cm³/mol. The third-order valence-corrected chi connectivity index (χ3v) is 4.63. The lowest BCUT2D eigenvalue weighted by Crippen LogP contribution is -2.22. The van der Waals surface area contributed by atoms with Crippen molar-refractivity contribution in [1.82, 2.24) is 5.32 Å². The normalized spacial score (nSPS) is 23.5. The van der Waals surface area contributed by atoms with Crippen LogP contribution in [0.2, 0.25) is 0 Å². The summed E-state index contributed by atoms with van der Waals surface area (Å²) in [6, 6.07) is 5.89. The van der Waals surface area contributed by atoms with E-state index in [0.717, 1.165) is 30.9 Å². The van der Waals surface area contributed by atoms with Crippen molar-refractivity contribution in [2.45, 2.75) is 51.0 Å². The minimum absolute atomic E-state index is 0.0207. The summed E-state index contributed by atoms with van der Waals surface area (Å²) in [5, 5.41) is 3.63. The summed E-state index contributed by atoms with van der Waals surface area (Å²) in [4.78, 5) is 0. The van der Waals surface area contributed by atoms with Crippen LogP contribution in [0.15, 0.2) is 18.2 Å². The van der Waals surface area contributed by atoms with Crippen molar-refractivity contribution in [2.75, 3.05) is 6.54 Å². The van der Waals surface area contributed by atoms with Gasteiger partial charge in [-0.05, 0) is 48.9 Å². The van der Waals surface area contributed by atoms with Crippen molar-refractivity contribution in [2.24, 2.45) is 5.92 Å². The molecule has 0 radical (unpaired) electrons. The molecule has 0 heterocycles. The van der Waals surface area contributed by atoms with Crippen molar-refractivity contribution in [3.63, 3.8) is 0 Å². The number of hydrogen-bond donors (Lipinski definition) is 1. The quantitative estimate of drug-likeness (QED) is 0.848. The molecule has 0 aromatic heterocycles. The molecular formula is C16H22FN. The number of rotatable bonds is 4. The molecule has 1 unspecified atom stereocenters. The van der Waals surface area contributed by atoms with Gasteiger partial charge >= 0.3 is 0 Å². The van der Waals surface area contributed by atoms with Gasteiger partial charge in [-0.15, -0.1) is 0 Å². The predicted octanol–water partition coefficient (Wildman–Crippen LogP) is 3.98. The van der Waals surface area contributed by atoms with Crippen LogP contribution in [0, 0.1) is 11.7 Å². The minimum atomic E-state index is -0.0207. The lowest BCUT2D eigenvalue weighted by atomic mass is 10.0. The molecular weight excluding hydrogens is 225 g/mol. The SMILES string of the molecule is Fc1cccc2c1CCC2NCCC1CCCC1. The molecule has 1 fully saturated rings. The zero-order valence-corrected chi connectivity index (χ0v) is 10.9. The van der Waals surface area contributed by atoms with Gasteiger partial charge < -0.3 is 5.32 Å². The number of fused-ring (bicyclic) bond motifs is 1. The van der Waals surface area contributed by atoms with Gasteiger partial charge in [0.1, 0.15) is 5.82 Å². The molecule has 0 bridgehead atoms. The Bertz CT molecular complexity index is 410. The van der Waals surface area contributed by atoms with E-state index in [1.807, 2.05) is 6.07 Å². The van der Waals surface area contributed by atoms with Crippen LogP contribution in [0.4, 0.5) is 4.39 Å². The third kappa shape index (κ3) is 2.44. The molecule has 3 rings (SSSR count). The number of halogens is 1. The van der Waals surface area contributed by atoms with Gasteiger partial charge in [0, 0.05) is 6.04 Å². The lowest BCUT2D eigenvalue weighted by Gasteiger charge is -2.16. The van der Waals surface area contributed by atoms with Gasteiger partial charge in [0.05, 0.1) is 0 Å². The van der Waals surface area contributed by atoms with E-state index < -0.39 is 0 Å². The number of benzene rings is 1. The first kappa shape index (κ1) is 12.2. The molecule has 18 heavy (non-hydrogen) atoms. The Morgan fingerprint density at radius 1 is 1.17 bits per heavy atom. The van der Waals surface area contributed by atoms with Crippen LogP contribution in [0.5, 0.6) is 0 Å². The number of nitrogens with one attached hydrogen (secondary N) is 1. The van der Waals surface area contributed by atoms with E-state index in [1.165, 1.54) is 37.7 Å².